The number of hydrogen-bond donors (Lipinski definition) is 3. The first-order valence-corrected chi connectivity index (χ1v) is 14.1. The molecular weight excluding hydrogens is 549 g/mol. The van der Waals surface area contributed by atoms with Crippen LogP contribution < -0.4 is 30.3 Å². The number of H-pyrrole nitrogens is 1. The van der Waals surface area contributed by atoms with Gasteiger partial charge in [-0.15, -0.1) is 0 Å². The van der Waals surface area contributed by atoms with E-state index in [-0.39, 0.29) is 27.4 Å². The molecule has 0 bridgehead atoms. The van der Waals surface area contributed by atoms with Crippen LogP contribution in [0.5, 0.6) is 17.2 Å². The fourth-order valence-electron chi connectivity index (χ4n) is 5.17. The fourth-order valence-corrected chi connectivity index (χ4v) is 5.17. The zero-order chi connectivity index (χ0) is 30.3. The number of anilines is 1. The van der Waals surface area contributed by atoms with Crippen LogP contribution in [0.3, 0.4) is 0 Å². The van der Waals surface area contributed by atoms with Gasteiger partial charge in [0.05, 0.1) is 43.6 Å². The Morgan fingerprint density at radius 1 is 0.767 bits per heavy atom. The number of rotatable bonds is 12. The number of pyridine rings is 1. The van der Waals surface area contributed by atoms with Crippen LogP contribution >= 0.6 is 0 Å². The lowest BCUT2D eigenvalue weighted by Crippen LogP contribution is -2.19. The zero-order valence-electron chi connectivity index (χ0n) is 24.4. The minimum atomic E-state index is -0.558. The molecule has 5 rings (SSSR count). The summed E-state index contributed by atoms with van der Waals surface area (Å²) in [6, 6.07) is 20.8. The molecule has 3 N–H and O–H groups in total. The highest BCUT2D eigenvalue weighted by molar-refractivity contribution is 6.13. The number of aromatic nitrogens is 1. The van der Waals surface area contributed by atoms with Gasteiger partial charge in [-0.25, -0.2) is 4.39 Å². The molecule has 0 saturated heterocycles. The molecule has 0 radical (unpaired) electrons. The molecule has 222 valence electrons. The second-order valence-corrected chi connectivity index (χ2v) is 10.1. The maximum absolute atomic E-state index is 14.5. The second kappa shape index (κ2) is 13.4. The van der Waals surface area contributed by atoms with Gasteiger partial charge < -0.3 is 29.8 Å². The number of para-hydroxylation sites is 2. The number of carbonyl (C=O) groups is 1. The minimum absolute atomic E-state index is 0.0673. The van der Waals surface area contributed by atoms with E-state index in [4.69, 9.17) is 14.2 Å². The maximum atomic E-state index is 14.5. The van der Waals surface area contributed by atoms with Crippen molar-refractivity contribution in [3.8, 4) is 17.2 Å². The lowest BCUT2D eigenvalue weighted by atomic mass is 10.0. The van der Waals surface area contributed by atoms with Crippen molar-refractivity contribution < 1.29 is 23.4 Å². The third-order valence-corrected chi connectivity index (χ3v) is 7.43. The van der Waals surface area contributed by atoms with Gasteiger partial charge in [-0.1, -0.05) is 24.3 Å². The van der Waals surface area contributed by atoms with Crippen molar-refractivity contribution in [3.05, 3.63) is 106 Å². The highest BCUT2D eigenvalue weighted by atomic mass is 19.1. The monoisotopic (exact) mass is 583 g/mol. The van der Waals surface area contributed by atoms with Gasteiger partial charge in [0.2, 0.25) is 0 Å². The van der Waals surface area contributed by atoms with Gasteiger partial charge >= 0.3 is 0 Å². The lowest BCUT2D eigenvalue weighted by molar-refractivity contribution is 0.102. The summed E-state index contributed by atoms with van der Waals surface area (Å²) < 4.78 is 30.7. The first-order chi connectivity index (χ1) is 20.9. The molecule has 1 amide bonds. The predicted molar refractivity (Wildman–Crippen MR) is 167 cm³/mol. The Morgan fingerprint density at radius 3 is 2.21 bits per heavy atom. The number of nitrogens with one attached hydrogen (secondary N) is 3. The van der Waals surface area contributed by atoms with E-state index in [2.05, 4.69) is 15.6 Å². The molecule has 0 atom stereocenters. The van der Waals surface area contributed by atoms with Crippen LogP contribution in [0.1, 0.15) is 27.9 Å². The summed E-state index contributed by atoms with van der Waals surface area (Å²) >= 11 is 0. The van der Waals surface area contributed by atoms with Gasteiger partial charge in [-0.2, -0.15) is 0 Å². The Bertz CT molecular complexity index is 1840. The average Bonchev–Trinajstić information content (AvgIpc) is 3.03. The van der Waals surface area contributed by atoms with Gasteiger partial charge in [0.15, 0.2) is 16.9 Å². The van der Waals surface area contributed by atoms with Crippen molar-refractivity contribution in [1.82, 2.24) is 10.3 Å². The topological polar surface area (TPSA) is 102 Å². The van der Waals surface area contributed by atoms with E-state index in [1.54, 1.807) is 51.7 Å². The SMILES string of the molecule is COc1cc(CCCNCCc2ccc(OC)c(OC)c2)ccc1NC(=O)c1cccc2c(=O)c3cccc(F)c3[nH]c12. The van der Waals surface area contributed by atoms with Crippen LogP contribution in [0.2, 0.25) is 0 Å². The summed E-state index contributed by atoms with van der Waals surface area (Å²) in [7, 11) is 4.81. The van der Waals surface area contributed by atoms with E-state index in [9.17, 15) is 14.0 Å². The molecule has 5 aromatic rings. The Kier molecular flexibility index (Phi) is 9.22. The van der Waals surface area contributed by atoms with Crippen LogP contribution in [-0.4, -0.2) is 45.3 Å². The number of methoxy groups -OCH3 is 3. The van der Waals surface area contributed by atoms with E-state index in [0.717, 1.165) is 49.4 Å². The van der Waals surface area contributed by atoms with Crippen LogP contribution in [0.4, 0.5) is 10.1 Å². The fraction of sp³-hybridized carbons (Fsp3) is 0.235. The van der Waals surface area contributed by atoms with E-state index in [1.807, 2.05) is 30.3 Å². The summed E-state index contributed by atoms with van der Waals surface area (Å²) in [5, 5.41) is 6.91. The van der Waals surface area contributed by atoms with Gasteiger partial charge in [0, 0.05) is 10.8 Å². The number of hydrogen-bond acceptors (Lipinski definition) is 6. The zero-order valence-corrected chi connectivity index (χ0v) is 24.4. The van der Waals surface area contributed by atoms with E-state index < -0.39 is 11.7 Å². The van der Waals surface area contributed by atoms with E-state index in [1.165, 1.54) is 17.7 Å². The first-order valence-electron chi connectivity index (χ1n) is 14.1. The number of aryl methyl sites for hydroxylation is 1. The Balaban J connectivity index is 1.20. The van der Waals surface area contributed by atoms with E-state index in [0.29, 0.717) is 16.8 Å². The molecule has 0 spiro atoms. The van der Waals surface area contributed by atoms with Crippen LogP contribution in [-0.2, 0) is 12.8 Å². The summed E-state index contributed by atoms with van der Waals surface area (Å²) in [5.41, 5.74) is 2.97. The average molecular weight is 584 g/mol. The summed E-state index contributed by atoms with van der Waals surface area (Å²) in [6.07, 6.45) is 2.63. The second-order valence-electron chi connectivity index (χ2n) is 10.1. The molecule has 9 heteroatoms. The normalized spacial score (nSPS) is 11.1. The number of carbonyl (C=O) groups excluding carboxylic acids is 1. The van der Waals surface area contributed by atoms with Crippen molar-refractivity contribution in [2.75, 3.05) is 39.7 Å². The van der Waals surface area contributed by atoms with Crippen molar-refractivity contribution in [2.45, 2.75) is 19.3 Å². The number of amides is 1. The summed E-state index contributed by atoms with van der Waals surface area (Å²) in [6.45, 7) is 1.69. The van der Waals surface area contributed by atoms with Crippen LogP contribution in [0.15, 0.2) is 77.6 Å². The Hall–Kier alpha value is -4.89. The van der Waals surface area contributed by atoms with Gasteiger partial charge in [0.25, 0.3) is 5.91 Å². The van der Waals surface area contributed by atoms with Crippen molar-refractivity contribution in [2.24, 2.45) is 0 Å². The number of benzene rings is 4. The van der Waals surface area contributed by atoms with Crippen molar-refractivity contribution in [1.29, 1.82) is 0 Å². The molecule has 0 saturated carbocycles. The molecule has 0 fully saturated rings. The van der Waals surface area contributed by atoms with E-state index >= 15 is 0 Å². The maximum Gasteiger partial charge on any atom is 0.257 e. The molecule has 1 heterocycles. The third-order valence-electron chi connectivity index (χ3n) is 7.43. The largest absolute Gasteiger partial charge is 0.495 e. The van der Waals surface area contributed by atoms with Crippen LogP contribution in [0.25, 0.3) is 21.8 Å². The van der Waals surface area contributed by atoms with Gasteiger partial charge in [-0.3, -0.25) is 9.59 Å². The lowest BCUT2D eigenvalue weighted by Gasteiger charge is -2.14. The third kappa shape index (κ3) is 6.47. The Morgan fingerprint density at radius 2 is 1.44 bits per heavy atom. The molecule has 0 unspecified atom stereocenters. The molecule has 0 aliphatic carbocycles. The summed E-state index contributed by atoms with van der Waals surface area (Å²) in [5.74, 6) is 0.969. The van der Waals surface area contributed by atoms with Crippen LogP contribution in [0, 0.1) is 5.82 Å². The molecule has 0 aliphatic heterocycles. The highest BCUT2D eigenvalue weighted by Crippen LogP contribution is 2.29. The predicted octanol–water partition coefficient (Wildman–Crippen LogP) is 5.86. The molecular formula is C34H34FN3O5. The highest BCUT2D eigenvalue weighted by Gasteiger charge is 2.17. The quantitative estimate of drug-likeness (QED) is 0.126. The molecule has 0 aliphatic rings. The van der Waals surface area contributed by atoms with Gasteiger partial charge in [0.1, 0.15) is 11.6 Å². The number of halogens is 1. The minimum Gasteiger partial charge on any atom is -0.495 e. The standard InChI is InChI=1S/C34H34FN3O5/c1-41-28-15-13-22(20-30(28)43-3)16-18-36-17-6-7-21-12-14-27(29(19-21)42-2)37-34(40)25-10-4-8-23-31(25)38-32-24(33(23)39)9-5-11-26(32)35/h4-5,8-15,19-20,36H,6-7,16-18H2,1-3H3,(H,37,40)(H,38,39). The van der Waals surface area contributed by atoms with Crippen molar-refractivity contribution >= 4 is 33.4 Å². The smallest absolute Gasteiger partial charge is 0.257 e. The first kappa shape index (κ1) is 29.6. The Labute approximate surface area is 248 Å². The molecule has 8 nitrogen and oxygen atoms in total. The molecule has 4 aromatic carbocycles. The van der Waals surface area contributed by atoms with Crippen molar-refractivity contribution in [3.63, 3.8) is 0 Å². The molecule has 1 aromatic heterocycles. The number of ether oxygens (including phenoxy) is 3. The number of fused-ring (bicyclic) bond motifs is 2. The summed E-state index contributed by atoms with van der Waals surface area (Å²) in [4.78, 5) is 29.3. The number of aromatic amines is 1. The molecule has 43 heavy (non-hydrogen) atoms. The van der Waals surface area contributed by atoms with Gasteiger partial charge in [-0.05, 0) is 92.0 Å².